The molecule has 0 aromatic rings. The number of aliphatic carboxylic acids is 1. The van der Waals surface area contributed by atoms with Gasteiger partial charge in [-0.2, -0.15) is 0 Å². The predicted molar refractivity (Wildman–Crippen MR) is 38.2 cm³/mol. The highest BCUT2D eigenvalue weighted by molar-refractivity contribution is 5.82. The molecular formula is C8H10O3. The Morgan fingerprint density at radius 3 is 3.00 bits per heavy atom. The van der Waals surface area contributed by atoms with Crippen LogP contribution >= 0.6 is 0 Å². The van der Waals surface area contributed by atoms with Crippen molar-refractivity contribution in [1.82, 2.24) is 0 Å². The normalized spacial score (nSPS) is 46.6. The van der Waals surface area contributed by atoms with Gasteiger partial charge in [0.05, 0.1) is 0 Å². The molecular weight excluding hydrogens is 144 g/mol. The second-order valence-electron chi connectivity index (χ2n) is 3.16. The number of hydrogen-bond acceptors (Lipinski definition) is 2. The first-order valence-corrected chi connectivity index (χ1v) is 3.76. The zero-order valence-corrected chi connectivity index (χ0v) is 6.28. The number of epoxide rings is 1. The third kappa shape index (κ3) is 0.688. The summed E-state index contributed by atoms with van der Waals surface area (Å²) in [7, 11) is 0. The molecule has 11 heavy (non-hydrogen) atoms. The van der Waals surface area contributed by atoms with E-state index in [4.69, 9.17) is 9.84 Å². The molecule has 1 fully saturated rings. The molecule has 3 heteroatoms. The largest absolute Gasteiger partial charge is 0.479 e. The van der Waals surface area contributed by atoms with Crippen LogP contribution in [0.2, 0.25) is 0 Å². The highest BCUT2D eigenvalue weighted by Gasteiger charge is 2.66. The summed E-state index contributed by atoms with van der Waals surface area (Å²) in [4.78, 5) is 10.8. The Morgan fingerprint density at radius 2 is 2.55 bits per heavy atom. The molecule has 2 aliphatic rings. The van der Waals surface area contributed by atoms with E-state index in [9.17, 15) is 4.79 Å². The van der Waals surface area contributed by atoms with Gasteiger partial charge < -0.3 is 9.84 Å². The number of carboxylic acids is 1. The van der Waals surface area contributed by atoms with Crippen LogP contribution in [-0.2, 0) is 9.53 Å². The summed E-state index contributed by atoms with van der Waals surface area (Å²) in [5.41, 5.74) is -0.866. The third-order valence-electron chi connectivity index (χ3n) is 2.54. The molecule has 0 aromatic carbocycles. The van der Waals surface area contributed by atoms with Gasteiger partial charge in [0.2, 0.25) is 0 Å². The maximum absolute atomic E-state index is 10.8. The zero-order chi connectivity index (χ0) is 8.06. The molecule has 0 radical (unpaired) electrons. The van der Waals surface area contributed by atoms with Crippen LogP contribution in [0.3, 0.4) is 0 Å². The Labute approximate surface area is 64.7 Å². The van der Waals surface area contributed by atoms with Gasteiger partial charge in [-0.05, 0) is 6.42 Å². The van der Waals surface area contributed by atoms with E-state index in [-0.39, 0.29) is 12.0 Å². The highest BCUT2D eigenvalue weighted by atomic mass is 16.6. The summed E-state index contributed by atoms with van der Waals surface area (Å²) in [5, 5.41) is 8.85. The van der Waals surface area contributed by atoms with Crippen molar-refractivity contribution in [3.05, 3.63) is 12.2 Å². The lowest BCUT2D eigenvalue weighted by atomic mass is 9.85. The topological polar surface area (TPSA) is 49.8 Å². The van der Waals surface area contributed by atoms with Crippen molar-refractivity contribution in [2.45, 2.75) is 25.0 Å². The fourth-order valence-electron chi connectivity index (χ4n) is 1.76. The van der Waals surface area contributed by atoms with E-state index in [1.807, 2.05) is 19.1 Å². The molecule has 1 N–H and O–H groups in total. The van der Waals surface area contributed by atoms with E-state index in [0.717, 1.165) is 6.42 Å². The fourth-order valence-corrected chi connectivity index (χ4v) is 1.76. The lowest BCUT2D eigenvalue weighted by Crippen LogP contribution is -2.34. The molecule has 1 heterocycles. The molecule has 1 aliphatic heterocycles. The molecule has 3 unspecified atom stereocenters. The Kier molecular flexibility index (Phi) is 1.16. The van der Waals surface area contributed by atoms with Crippen molar-refractivity contribution in [3.8, 4) is 0 Å². The van der Waals surface area contributed by atoms with E-state index < -0.39 is 11.6 Å². The van der Waals surface area contributed by atoms with E-state index in [0.29, 0.717) is 0 Å². The van der Waals surface area contributed by atoms with Gasteiger partial charge in [-0.1, -0.05) is 19.1 Å². The number of carboxylic acid groups (broad SMARTS) is 1. The van der Waals surface area contributed by atoms with Crippen LogP contribution in [0.5, 0.6) is 0 Å². The number of rotatable bonds is 1. The average Bonchev–Trinajstić information content (AvgIpc) is 2.64. The number of carbonyl (C=O) groups is 1. The first kappa shape index (κ1) is 6.85. The average molecular weight is 154 g/mol. The van der Waals surface area contributed by atoms with E-state index in [1.165, 1.54) is 0 Å². The van der Waals surface area contributed by atoms with Crippen LogP contribution < -0.4 is 0 Å². The monoisotopic (exact) mass is 154 g/mol. The minimum atomic E-state index is -0.866. The summed E-state index contributed by atoms with van der Waals surface area (Å²) in [5.74, 6) is -0.807. The molecule has 60 valence electrons. The fraction of sp³-hybridized carbons (Fsp3) is 0.625. The highest BCUT2D eigenvalue weighted by Crippen LogP contribution is 2.48. The van der Waals surface area contributed by atoms with Gasteiger partial charge in [0.15, 0.2) is 5.60 Å². The predicted octanol–water partition coefficient (Wildman–Crippen LogP) is 0.805. The maximum atomic E-state index is 10.8. The van der Waals surface area contributed by atoms with Gasteiger partial charge >= 0.3 is 5.97 Å². The van der Waals surface area contributed by atoms with Crippen LogP contribution in [0.4, 0.5) is 0 Å². The van der Waals surface area contributed by atoms with Crippen molar-refractivity contribution >= 4 is 5.97 Å². The van der Waals surface area contributed by atoms with E-state index in [1.54, 1.807) is 0 Å². The van der Waals surface area contributed by atoms with Gasteiger partial charge in [0.25, 0.3) is 0 Å². The summed E-state index contributed by atoms with van der Waals surface area (Å²) >= 11 is 0. The van der Waals surface area contributed by atoms with Gasteiger partial charge in [-0.3, -0.25) is 0 Å². The van der Waals surface area contributed by atoms with Crippen LogP contribution in [-0.4, -0.2) is 22.8 Å². The first-order chi connectivity index (χ1) is 5.18. The third-order valence-corrected chi connectivity index (χ3v) is 2.54. The SMILES string of the molecule is CC1C=CCC2OC12C(=O)O. The lowest BCUT2D eigenvalue weighted by molar-refractivity contribution is -0.144. The van der Waals surface area contributed by atoms with Crippen molar-refractivity contribution < 1.29 is 14.6 Å². The summed E-state index contributed by atoms with van der Waals surface area (Å²) < 4.78 is 5.18. The number of hydrogen-bond donors (Lipinski definition) is 1. The molecule has 1 saturated heterocycles. The molecule has 3 atom stereocenters. The Bertz CT molecular complexity index is 233. The smallest absolute Gasteiger partial charge is 0.339 e. The number of fused-ring (bicyclic) bond motifs is 1. The Hall–Kier alpha value is -0.830. The molecule has 0 bridgehead atoms. The van der Waals surface area contributed by atoms with Crippen molar-refractivity contribution in [1.29, 1.82) is 0 Å². The quantitative estimate of drug-likeness (QED) is 0.449. The van der Waals surface area contributed by atoms with Crippen LogP contribution in [0.15, 0.2) is 12.2 Å². The summed E-state index contributed by atoms with van der Waals surface area (Å²) in [6.45, 7) is 1.88. The first-order valence-electron chi connectivity index (χ1n) is 3.76. The van der Waals surface area contributed by atoms with E-state index >= 15 is 0 Å². The maximum Gasteiger partial charge on any atom is 0.339 e. The molecule has 0 aromatic heterocycles. The van der Waals surface area contributed by atoms with Gasteiger partial charge in [-0.15, -0.1) is 0 Å². The molecule has 2 rings (SSSR count). The minimum absolute atomic E-state index is 0.0127. The lowest BCUT2D eigenvalue weighted by Gasteiger charge is -2.15. The molecule has 3 nitrogen and oxygen atoms in total. The van der Waals surface area contributed by atoms with Crippen molar-refractivity contribution in [3.63, 3.8) is 0 Å². The van der Waals surface area contributed by atoms with Crippen LogP contribution in [0.25, 0.3) is 0 Å². The zero-order valence-electron chi connectivity index (χ0n) is 6.28. The van der Waals surface area contributed by atoms with Crippen molar-refractivity contribution in [2.75, 3.05) is 0 Å². The second kappa shape index (κ2) is 1.85. The number of ether oxygens (including phenoxy) is 1. The minimum Gasteiger partial charge on any atom is -0.479 e. The van der Waals surface area contributed by atoms with E-state index in [2.05, 4.69) is 0 Å². The Morgan fingerprint density at radius 1 is 1.82 bits per heavy atom. The van der Waals surface area contributed by atoms with Gasteiger partial charge in [0.1, 0.15) is 6.10 Å². The summed E-state index contributed by atoms with van der Waals surface area (Å²) in [6.07, 6.45) is 4.58. The van der Waals surface area contributed by atoms with Gasteiger partial charge in [0, 0.05) is 5.92 Å². The van der Waals surface area contributed by atoms with Crippen LogP contribution in [0, 0.1) is 5.92 Å². The Balaban J connectivity index is 2.29. The summed E-state index contributed by atoms with van der Waals surface area (Å²) in [6, 6.07) is 0. The van der Waals surface area contributed by atoms with Crippen molar-refractivity contribution in [2.24, 2.45) is 5.92 Å². The van der Waals surface area contributed by atoms with Crippen LogP contribution in [0.1, 0.15) is 13.3 Å². The standard InChI is InChI=1S/C8H10O3/c1-5-3-2-4-6-8(5,11-6)7(9)10/h2-3,5-6H,4H2,1H3,(H,9,10). The van der Waals surface area contributed by atoms with Gasteiger partial charge in [-0.25, -0.2) is 4.79 Å². The molecule has 0 spiro atoms. The molecule has 1 aliphatic carbocycles. The molecule has 0 amide bonds. The second-order valence-corrected chi connectivity index (χ2v) is 3.16. The molecule has 0 saturated carbocycles.